The lowest BCUT2D eigenvalue weighted by molar-refractivity contribution is -0.0367. The van der Waals surface area contributed by atoms with Gasteiger partial charge in [0, 0.05) is 18.9 Å². The van der Waals surface area contributed by atoms with Crippen molar-refractivity contribution in [3.63, 3.8) is 0 Å². The molecule has 5 N–H and O–H groups in total. The Labute approximate surface area is 108 Å². The minimum Gasteiger partial charge on any atom is -0.383 e. The molecule has 5 nitrogen and oxygen atoms in total. The third-order valence-electron chi connectivity index (χ3n) is 3.95. The summed E-state index contributed by atoms with van der Waals surface area (Å²) in [7, 11) is 1.75. The van der Waals surface area contributed by atoms with Crippen LogP contribution in [0.1, 0.15) is 42.9 Å². The second kappa shape index (κ2) is 5.22. The normalized spacial score (nSPS) is 19.9. The molecule has 0 saturated heterocycles. The number of aryl methyl sites for hydroxylation is 1. The molecule has 0 aromatic carbocycles. The van der Waals surface area contributed by atoms with Crippen molar-refractivity contribution in [1.29, 1.82) is 0 Å². The van der Waals surface area contributed by atoms with E-state index in [1.54, 1.807) is 13.3 Å². The van der Waals surface area contributed by atoms with Gasteiger partial charge in [-0.3, -0.25) is 5.84 Å². The highest BCUT2D eigenvalue weighted by atomic mass is 16.5. The van der Waals surface area contributed by atoms with E-state index in [0.29, 0.717) is 5.82 Å². The first-order chi connectivity index (χ1) is 8.63. The summed E-state index contributed by atoms with van der Waals surface area (Å²) in [6.45, 7) is 2.00. The van der Waals surface area contributed by atoms with Crippen LogP contribution in [0.5, 0.6) is 0 Å². The number of methoxy groups -OCH3 is 1. The predicted molar refractivity (Wildman–Crippen MR) is 71.7 cm³/mol. The Balaban J connectivity index is 2.40. The van der Waals surface area contributed by atoms with Gasteiger partial charge in [-0.2, -0.15) is 0 Å². The van der Waals surface area contributed by atoms with Crippen molar-refractivity contribution < 1.29 is 4.74 Å². The van der Waals surface area contributed by atoms with Crippen LogP contribution in [-0.4, -0.2) is 17.7 Å². The summed E-state index contributed by atoms with van der Waals surface area (Å²) in [4.78, 5) is 4.21. The Morgan fingerprint density at radius 2 is 2.11 bits per heavy atom. The lowest BCUT2D eigenvalue weighted by Gasteiger charge is -2.36. The van der Waals surface area contributed by atoms with Gasteiger partial charge in [0.15, 0.2) is 0 Å². The fraction of sp³-hybridized carbons (Fsp3) is 0.615. The molecule has 1 unspecified atom stereocenters. The fourth-order valence-corrected chi connectivity index (χ4v) is 2.94. The molecule has 1 heterocycles. The number of ether oxygens (including phenoxy) is 1. The number of nitrogen functional groups attached to an aromatic ring is 1. The van der Waals surface area contributed by atoms with Crippen LogP contribution >= 0.6 is 0 Å². The number of rotatable bonds is 4. The lowest BCUT2D eigenvalue weighted by Crippen LogP contribution is -2.46. The number of nitrogens with one attached hydrogen (secondary N) is 1. The summed E-state index contributed by atoms with van der Waals surface area (Å²) in [5.74, 6) is 6.27. The highest BCUT2D eigenvalue weighted by Gasteiger charge is 2.43. The van der Waals surface area contributed by atoms with Crippen LogP contribution in [-0.2, 0) is 4.74 Å². The molecule has 5 heteroatoms. The quantitative estimate of drug-likeness (QED) is 0.556. The third-order valence-corrected chi connectivity index (χ3v) is 3.95. The van der Waals surface area contributed by atoms with E-state index in [1.807, 2.05) is 13.0 Å². The number of aromatic nitrogens is 1. The van der Waals surface area contributed by atoms with Gasteiger partial charge in [0.2, 0.25) is 0 Å². The standard InChI is InChI=1S/C13H22N4O/c1-9-7-10(12(14)16-8-9)11(17-15)13(18-2)5-3-4-6-13/h7-8,11,17H,3-6,15H2,1-2H3,(H2,14,16). The highest BCUT2D eigenvalue weighted by molar-refractivity contribution is 5.44. The van der Waals surface area contributed by atoms with Crippen LogP contribution in [0.3, 0.4) is 0 Å². The van der Waals surface area contributed by atoms with Crippen molar-refractivity contribution in [3.8, 4) is 0 Å². The number of anilines is 1. The van der Waals surface area contributed by atoms with Crippen LogP contribution in [0.2, 0.25) is 0 Å². The molecule has 1 atom stereocenters. The topological polar surface area (TPSA) is 86.2 Å². The Morgan fingerprint density at radius 3 is 2.67 bits per heavy atom. The Kier molecular flexibility index (Phi) is 3.85. The van der Waals surface area contributed by atoms with Gasteiger partial charge < -0.3 is 10.5 Å². The fourth-order valence-electron chi connectivity index (χ4n) is 2.94. The van der Waals surface area contributed by atoms with Crippen molar-refractivity contribution >= 4 is 5.82 Å². The summed E-state index contributed by atoms with van der Waals surface area (Å²) in [6.07, 6.45) is 6.06. The highest BCUT2D eigenvalue weighted by Crippen LogP contribution is 2.43. The Morgan fingerprint density at radius 1 is 1.44 bits per heavy atom. The van der Waals surface area contributed by atoms with Gasteiger partial charge in [0.25, 0.3) is 0 Å². The van der Waals surface area contributed by atoms with Crippen LogP contribution in [0, 0.1) is 6.92 Å². The molecule has 18 heavy (non-hydrogen) atoms. The summed E-state index contributed by atoms with van der Waals surface area (Å²) in [5.41, 5.74) is 10.6. The molecule has 0 bridgehead atoms. The van der Waals surface area contributed by atoms with Crippen molar-refractivity contribution in [2.45, 2.75) is 44.2 Å². The van der Waals surface area contributed by atoms with Crippen molar-refractivity contribution in [2.24, 2.45) is 5.84 Å². The van der Waals surface area contributed by atoms with Crippen LogP contribution in [0.25, 0.3) is 0 Å². The number of hydrogen-bond acceptors (Lipinski definition) is 5. The van der Waals surface area contributed by atoms with Crippen LogP contribution in [0.15, 0.2) is 12.3 Å². The number of nitrogens with two attached hydrogens (primary N) is 2. The van der Waals surface area contributed by atoms with Gasteiger partial charge >= 0.3 is 0 Å². The van der Waals surface area contributed by atoms with E-state index in [2.05, 4.69) is 10.4 Å². The van der Waals surface area contributed by atoms with Crippen molar-refractivity contribution in [1.82, 2.24) is 10.4 Å². The van der Waals surface area contributed by atoms with E-state index in [1.165, 1.54) is 0 Å². The predicted octanol–water partition coefficient (Wildman–Crippen LogP) is 1.44. The molecule has 1 aliphatic rings. The molecule has 0 radical (unpaired) electrons. The molecule has 100 valence electrons. The maximum absolute atomic E-state index is 5.98. The van der Waals surface area contributed by atoms with E-state index in [4.69, 9.17) is 16.3 Å². The van der Waals surface area contributed by atoms with E-state index in [0.717, 1.165) is 36.8 Å². The molecule has 0 amide bonds. The van der Waals surface area contributed by atoms with Gasteiger partial charge in [-0.15, -0.1) is 0 Å². The van der Waals surface area contributed by atoms with Gasteiger partial charge in [-0.05, 0) is 31.4 Å². The van der Waals surface area contributed by atoms with Crippen molar-refractivity contribution in [2.75, 3.05) is 12.8 Å². The van der Waals surface area contributed by atoms with E-state index in [-0.39, 0.29) is 11.6 Å². The van der Waals surface area contributed by atoms with Crippen LogP contribution in [0.4, 0.5) is 5.82 Å². The first-order valence-electron chi connectivity index (χ1n) is 6.36. The summed E-state index contributed by atoms with van der Waals surface area (Å²) >= 11 is 0. The number of nitrogens with zero attached hydrogens (tertiary/aromatic N) is 1. The summed E-state index contributed by atoms with van der Waals surface area (Å²) < 4.78 is 5.78. The van der Waals surface area contributed by atoms with Crippen LogP contribution < -0.4 is 17.0 Å². The Hall–Kier alpha value is -1.17. The van der Waals surface area contributed by atoms with Gasteiger partial charge in [-0.1, -0.05) is 12.8 Å². The zero-order valence-electron chi connectivity index (χ0n) is 11.1. The molecule has 1 aromatic rings. The van der Waals surface area contributed by atoms with Gasteiger partial charge in [0.05, 0.1) is 11.6 Å². The molecule has 1 fully saturated rings. The van der Waals surface area contributed by atoms with E-state index < -0.39 is 0 Å². The first kappa shape index (κ1) is 13.3. The smallest absolute Gasteiger partial charge is 0.128 e. The molecule has 1 aliphatic carbocycles. The lowest BCUT2D eigenvalue weighted by atomic mass is 9.87. The zero-order chi connectivity index (χ0) is 13.2. The molecular weight excluding hydrogens is 228 g/mol. The second-order valence-corrected chi connectivity index (χ2v) is 5.06. The maximum atomic E-state index is 5.98. The molecular formula is C13H22N4O. The van der Waals surface area contributed by atoms with Gasteiger partial charge in [-0.25, -0.2) is 10.4 Å². The van der Waals surface area contributed by atoms with Gasteiger partial charge in [0.1, 0.15) is 5.82 Å². The van der Waals surface area contributed by atoms with E-state index in [9.17, 15) is 0 Å². The number of pyridine rings is 1. The number of hydrazine groups is 1. The maximum Gasteiger partial charge on any atom is 0.128 e. The van der Waals surface area contributed by atoms with Crippen molar-refractivity contribution in [3.05, 3.63) is 23.4 Å². The second-order valence-electron chi connectivity index (χ2n) is 5.06. The average Bonchev–Trinajstić information content (AvgIpc) is 2.84. The molecule has 0 spiro atoms. The average molecular weight is 250 g/mol. The molecule has 1 aromatic heterocycles. The SMILES string of the molecule is COC1(C(NN)c2cc(C)cnc2N)CCCC1. The Bertz CT molecular complexity index is 415. The first-order valence-corrected chi connectivity index (χ1v) is 6.36. The van der Waals surface area contributed by atoms with E-state index >= 15 is 0 Å². The molecule has 0 aliphatic heterocycles. The minimum absolute atomic E-state index is 0.114. The summed E-state index contributed by atoms with van der Waals surface area (Å²) in [5, 5.41) is 0. The number of hydrogen-bond donors (Lipinski definition) is 3. The molecule has 2 rings (SSSR count). The molecule has 1 saturated carbocycles. The monoisotopic (exact) mass is 250 g/mol. The zero-order valence-corrected chi connectivity index (χ0v) is 11.1. The minimum atomic E-state index is -0.266. The summed E-state index contributed by atoms with van der Waals surface area (Å²) in [6, 6.07) is 1.92. The third kappa shape index (κ3) is 2.21. The largest absolute Gasteiger partial charge is 0.383 e.